The molecular weight excluding hydrogens is 314 g/mol. The van der Waals surface area contributed by atoms with Crippen LogP contribution in [0.25, 0.3) is 0 Å². The minimum Gasteiger partial charge on any atom is -0.324 e. The summed E-state index contributed by atoms with van der Waals surface area (Å²) >= 11 is 0. The van der Waals surface area contributed by atoms with Crippen molar-refractivity contribution in [2.75, 3.05) is 18.4 Å². The molecule has 1 aliphatic rings. The van der Waals surface area contributed by atoms with E-state index in [0.717, 1.165) is 0 Å². The van der Waals surface area contributed by atoms with E-state index >= 15 is 0 Å². The summed E-state index contributed by atoms with van der Waals surface area (Å²) in [7, 11) is 0. The number of Topliss-reactive ketones (excluding diaryl/α,β-unsaturated/α-hetero) is 1. The van der Waals surface area contributed by atoms with Crippen LogP contribution in [-0.2, 0) is 14.4 Å². The van der Waals surface area contributed by atoms with Crippen LogP contribution in [0.1, 0.15) is 17.3 Å². The molecule has 0 bridgehead atoms. The molecule has 0 aromatic heterocycles. The van der Waals surface area contributed by atoms with Crippen molar-refractivity contribution < 1.29 is 24.0 Å². The molecule has 0 aliphatic carbocycles. The second-order valence-electron chi connectivity index (χ2n) is 5.03. The second kappa shape index (κ2) is 6.86. The van der Waals surface area contributed by atoms with Gasteiger partial charge in [-0.3, -0.25) is 24.1 Å². The van der Waals surface area contributed by atoms with Gasteiger partial charge in [-0.15, -0.1) is 6.58 Å². The summed E-state index contributed by atoms with van der Waals surface area (Å²) in [6, 6.07) is 5.46. The number of para-hydroxylation sites is 1. The zero-order valence-electron chi connectivity index (χ0n) is 12.9. The van der Waals surface area contributed by atoms with E-state index in [9.17, 15) is 24.0 Å². The van der Waals surface area contributed by atoms with Gasteiger partial charge in [0.1, 0.15) is 6.54 Å². The van der Waals surface area contributed by atoms with Gasteiger partial charge in [0, 0.05) is 12.1 Å². The van der Waals surface area contributed by atoms with Crippen LogP contribution in [0.5, 0.6) is 0 Å². The van der Waals surface area contributed by atoms with Crippen molar-refractivity contribution >= 4 is 35.2 Å². The van der Waals surface area contributed by atoms with Gasteiger partial charge in [-0.2, -0.15) is 0 Å². The van der Waals surface area contributed by atoms with E-state index < -0.39 is 30.3 Å². The van der Waals surface area contributed by atoms with Gasteiger partial charge in [-0.05, 0) is 19.1 Å². The van der Waals surface area contributed by atoms with Crippen molar-refractivity contribution in [2.45, 2.75) is 6.92 Å². The Labute approximate surface area is 137 Å². The molecule has 124 valence electrons. The monoisotopic (exact) mass is 329 g/mol. The van der Waals surface area contributed by atoms with Crippen LogP contribution in [0.2, 0.25) is 0 Å². The topological polar surface area (TPSA) is 104 Å². The summed E-state index contributed by atoms with van der Waals surface area (Å²) in [5, 5.41) is 2.47. The molecule has 0 atom stereocenters. The van der Waals surface area contributed by atoms with E-state index in [1.807, 2.05) is 0 Å². The number of carbonyl (C=O) groups is 5. The smallest absolute Gasteiger partial charge is 0.324 e. The van der Waals surface area contributed by atoms with E-state index in [4.69, 9.17) is 0 Å². The molecule has 5 amide bonds. The number of amides is 5. The minimum atomic E-state index is -1.07. The minimum absolute atomic E-state index is 0.116. The first-order valence-electron chi connectivity index (χ1n) is 7.04. The number of benzene rings is 1. The lowest BCUT2D eigenvalue weighted by Crippen LogP contribution is -2.39. The largest absolute Gasteiger partial charge is 0.335 e. The fraction of sp³-hybridized carbons (Fsp3) is 0.188. The molecule has 0 spiro atoms. The van der Waals surface area contributed by atoms with Crippen LogP contribution in [0.3, 0.4) is 0 Å². The zero-order chi connectivity index (χ0) is 17.9. The van der Waals surface area contributed by atoms with Gasteiger partial charge in [-0.25, -0.2) is 9.69 Å². The Morgan fingerprint density at radius 2 is 1.75 bits per heavy atom. The number of nitrogens with one attached hydrogen (secondary N) is 1. The third-order valence-corrected chi connectivity index (χ3v) is 3.33. The molecule has 1 aliphatic heterocycles. The lowest BCUT2D eigenvalue weighted by Gasteiger charge is -2.15. The molecule has 8 heteroatoms. The van der Waals surface area contributed by atoms with Gasteiger partial charge >= 0.3 is 17.8 Å². The summed E-state index contributed by atoms with van der Waals surface area (Å²) in [5.74, 6) is -3.01. The molecule has 1 aromatic carbocycles. The predicted octanol–water partition coefficient (Wildman–Crippen LogP) is 0.804. The third kappa shape index (κ3) is 3.22. The highest BCUT2D eigenvalue weighted by molar-refractivity contribution is 6.45. The molecule has 1 N–H and O–H groups in total. The van der Waals surface area contributed by atoms with Crippen LogP contribution in [0.4, 0.5) is 10.5 Å². The van der Waals surface area contributed by atoms with Crippen molar-refractivity contribution in [3.05, 3.63) is 42.5 Å². The molecule has 2 rings (SSSR count). The van der Waals surface area contributed by atoms with Crippen molar-refractivity contribution in [2.24, 2.45) is 0 Å². The highest BCUT2D eigenvalue weighted by atomic mass is 16.2. The number of carbonyl (C=O) groups excluding carboxylic acids is 5. The highest BCUT2D eigenvalue weighted by Gasteiger charge is 2.44. The number of hydrogen-bond donors (Lipinski definition) is 1. The molecule has 1 aromatic rings. The normalized spacial score (nSPS) is 14.1. The van der Waals surface area contributed by atoms with Crippen LogP contribution in [-0.4, -0.2) is 52.4 Å². The Morgan fingerprint density at radius 1 is 1.12 bits per heavy atom. The molecular formula is C16H15N3O5. The second-order valence-corrected chi connectivity index (χ2v) is 5.03. The summed E-state index contributed by atoms with van der Waals surface area (Å²) in [6.07, 6.45) is 1.30. The predicted molar refractivity (Wildman–Crippen MR) is 84.1 cm³/mol. The average Bonchev–Trinajstić information content (AvgIpc) is 2.73. The van der Waals surface area contributed by atoms with E-state index in [1.165, 1.54) is 19.1 Å². The van der Waals surface area contributed by atoms with E-state index in [-0.39, 0.29) is 18.0 Å². The van der Waals surface area contributed by atoms with Gasteiger partial charge in [-0.1, -0.05) is 18.2 Å². The molecule has 1 saturated heterocycles. The zero-order valence-corrected chi connectivity index (χ0v) is 12.9. The molecule has 8 nitrogen and oxygen atoms in total. The van der Waals surface area contributed by atoms with Gasteiger partial charge in [0.05, 0.1) is 5.69 Å². The summed E-state index contributed by atoms with van der Waals surface area (Å²) in [5.41, 5.74) is 0.567. The van der Waals surface area contributed by atoms with Gasteiger partial charge in [0.2, 0.25) is 5.91 Å². The number of ketones is 1. The Kier molecular flexibility index (Phi) is 4.88. The molecule has 24 heavy (non-hydrogen) atoms. The first kappa shape index (κ1) is 17.1. The van der Waals surface area contributed by atoms with Crippen molar-refractivity contribution in [1.29, 1.82) is 0 Å². The lowest BCUT2D eigenvalue weighted by atomic mass is 10.1. The number of anilines is 1. The molecule has 0 saturated carbocycles. The third-order valence-electron chi connectivity index (χ3n) is 3.33. The molecule has 1 fully saturated rings. The Balaban J connectivity index is 2.12. The summed E-state index contributed by atoms with van der Waals surface area (Å²) < 4.78 is 0. The Hall–Kier alpha value is -3.29. The Bertz CT molecular complexity index is 756. The standard InChI is InChI=1S/C16H15N3O5/c1-3-8-18-14(22)15(23)19(16(18)24)9-13(21)17-12-7-5-4-6-11(12)10(2)20/h3-7H,1,8-9H2,2H3,(H,17,21). The fourth-order valence-electron chi connectivity index (χ4n) is 2.21. The average molecular weight is 329 g/mol. The number of hydrogen-bond acceptors (Lipinski definition) is 5. The number of urea groups is 1. The van der Waals surface area contributed by atoms with E-state index in [1.54, 1.807) is 18.2 Å². The van der Waals surface area contributed by atoms with Crippen molar-refractivity contribution in [3.63, 3.8) is 0 Å². The highest BCUT2D eigenvalue weighted by Crippen LogP contribution is 2.16. The summed E-state index contributed by atoms with van der Waals surface area (Å²) in [4.78, 5) is 60.4. The maximum absolute atomic E-state index is 12.1. The van der Waals surface area contributed by atoms with E-state index in [2.05, 4.69) is 11.9 Å². The Morgan fingerprint density at radius 3 is 2.38 bits per heavy atom. The lowest BCUT2D eigenvalue weighted by molar-refractivity contribution is -0.143. The number of nitrogens with zero attached hydrogens (tertiary/aromatic N) is 2. The van der Waals surface area contributed by atoms with Crippen molar-refractivity contribution in [1.82, 2.24) is 9.80 Å². The quantitative estimate of drug-likeness (QED) is 0.360. The maximum atomic E-state index is 12.1. The first-order valence-corrected chi connectivity index (χ1v) is 7.04. The van der Waals surface area contributed by atoms with Crippen LogP contribution < -0.4 is 5.32 Å². The van der Waals surface area contributed by atoms with Crippen LogP contribution in [0, 0.1) is 0 Å². The maximum Gasteiger partial charge on any atom is 0.335 e. The van der Waals surface area contributed by atoms with Gasteiger partial charge in [0.25, 0.3) is 0 Å². The number of imide groups is 2. The van der Waals surface area contributed by atoms with E-state index in [0.29, 0.717) is 15.4 Å². The molecule has 0 radical (unpaired) electrons. The SMILES string of the molecule is C=CCN1C(=O)C(=O)N(CC(=O)Nc2ccccc2C(C)=O)C1=O. The van der Waals surface area contributed by atoms with Gasteiger partial charge in [0.15, 0.2) is 5.78 Å². The van der Waals surface area contributed by atoms with Crippen LogP contribution in [0.15, 0.2) is 36.9 Å². The summed E-state index contributed by atoms with van der Waals surface area (Å²) in [6.45, 7) is 4.01. The van der Waals surface area contributed by atoms with Crippen LogP contribution >= 0.6 is 0 Å². The number of rotatable bonds is 6. The molecule has 0 unspecified atom stereocenters. The first-order chi connectivity index (χ1) is 11.4. The molecule has 1 heterocycles. The fourth-order valence-corrected chi connectivity index (χ4v) is 2.21. The van der Waals surface area contributed by atoms with Gasteiger partial charge < -0.3 is 5.32 Å². The van der Waals surface area contributed by atoms with Crippen molar-refractivity contribution in [3.8, 4) is 0 Å².